The number of hydrogen-bond donors (Lipinski definition) is 1. The number of benzene rings is 1. The van der Waals surface area contributed by atoms with Crippen LogP contribution < -0.4 is 0 Å². The van der Waals surface area contributed by atoms with E-state index < -0.39 is 0 Å². The van der Waals surface area contributed by atoms with E-state index >= 15 is 0 Å². The van der Waals surface area contributed by atoms with Crippen molar-refractivity contribution in [1.29, 1.82) is 0 Å². The molecule has 1 saturated heterocycles. The smallest absolute Gasteiger partial charge is 0.222 e. The molecule has 1 fully saturated rings. The molecular weight excluding hydrogens is 284 g/mol. The second kappa shape index (κ2) is 7.67. The fraction of sp³-hybridized carbons (Fsp3) is 0.550. The lowest BCUT2D eigenvalue weighted by Crippen LogP contribution is -2.32. The van der Waals surface area contributed by atoms with E-state index in [1.54, 1.807) is 0 Å². The highest BCUT2D eigenvalue weighted by Crippen LogP contribution is 2.23. The molecule has 1 aliphatic heterocycles. The molecule has 2 aromatic rings. The van der Waals surface area contributed by atoms with Gasteiger partial charge in [-0.25, -0.2) is 0 Å². The number of nitrogens with one attached hydrogen (secondary N) is 1. The van der Waals surface area contributed by atoms with Gasteiger partial charge in [-0.3, -0.25) is 4.79 Å². The van der Waals surface area contributed by atoms with Gasteiger partial charge in [-0.2, -0.15) is 0 Å². The Morgan fingerprint density at radius 3 is 3.00 bits per heavy atom. The van der Waals surface area contributed by atoms with Crippen LogP contribution in [0.4, 0.5) is 0 Å². The van der Waals surface area contributed by atoms with Crippen LogP contribution in [0, 0.1) is 5.92 Å². The number of carbonyl (C=O) groups is 1. The van der Waals surface area contributed by atoms with Crippen molar-refractivity contribution in [3.63, 3.8) is 0 Å². The molecule has 1 N–H and O–H groups in total. The summed E-state index contributed by atoms with van der Waals surface area (Å²) in [5.74, 6) is 1.15. The van der Waals surface area contributed by atoms with Crippen LogP contribution in [0.2, 0.25) is 0 Å². The summed E-state index contributed by atoms with van der Waals surface area (Å²) in [5, 5.41) is 1.25. The zero-order valence-corrected chi connectivity index (χ0v) is 14.2. The minimum Gasteiger partial charge on any atom is -0.361 e. The predicted octanol–water partition coefficient (Wildman–Crippen LogP) is 4.53. The van der Waals surface area contributed by atoms with E-state index in [0.29, 0.717) is 12.3 Å². The van der Waals surface area contributed by atoms with E-state index in [-0.39, 0.29) is 0 Å². The minimum atomic E-state index is 0.326. The summed E-state index contributed by atoms with van der Waals surface area (Å²) >= 11 is 0. The quantitative estimate of drug-likeness (QED) is 0.865. The summed E-state index contributed by atoms with van der Waals surface area (Å²) in [6, 6.07) is 8.32. The molecular formula is C20H28N2O. The SMILES string of the molecule is CCC[C@H]1CCCN(C(=O)CCc2c[nH]c3ccccc23)CC1. The highest BCUT2D eigenvalue weighted by Gasteiger charge is 2.20. The molecule has 1 aromatic carbocycles. The summed E-state index contributed by atoms with van der Waals surface area (Å²) in [4.78, 5) is 18.0. The van der Waals surface area contributed by atoms with Crippen LogP contribution in [0.25, 0.3) is 10.9 Å². The Bertz CT molecular complexity index is 646. The minimum absolute atomic E-state index is 0.326. The van der Waals surface area contributed by atoms with Crippen molar-refractivity contribution in [2.24, 2.45) is 5.92 Å². The molecule has 1 aliphatic rings. The molecule has 0 aliphatic carbocycles. The normalized spacial score (nSPS) is 19.0. The number of likely N-dealkylation sites (tertiary alicyclic amines) is 1. The van der Waals surface area contributed by atoms with Gasteiger partial charge in [-0.05, 0) is 43.2 Å². The van der Waals surface area contributed by atoms with E-state index in [1.807, 2.05) is 6.07 Å². The number of fused-ring (bicyclic) bond motifs is 1. The Morgan fingerprint density at radius 2 is 2.13 bits per heavy atom. The van der Waals surface area contributed by atoms with Crippen molar-refractivity contribution in [3.8, 4) is 0 Å². The Labute approximate surface area is 139 Å². The van der Waals surface area contributed by atoms with Crippen LogP contribution in [0.3, 0.4) is 0 Å². The summed E-state index contributed by atoms with van der Waals surface area (Å²) < 4.78 is 0. The summed E-state index contributed by atoms with van der Waals surface area (Å²) in [6.45, 7) is 4.17. The summed E-state index contributed by atoms with van der Waals surface area (Å²) in [6.07, 6.45) is 9.74. The number of amides is 1. The van der Waals surface area contributed by atoms with Gasteiger partial charge in [0, 0.05) is 36.6 Å². The molecule has 1 atom stereocenters. The van der Waals surface area contributed by atoms with Crippen LogP contribution in [-0.4, -0.2) is 28.9 Å². The van der Waals surface area contributed by atoms with Crippen LogP contribution in [0.15, 0.2) is 30.5 Å². The van der Waals surface area contributed by atoms with Crippen LogP contribution >= 0.6 is 0 Å². The molecule has 3 nitrogen and oxygen atoms in total. The van der Waals surface area contributed by atoms with Crippen molar-refractivity contribution in [1.82, 2.24) is 9.88 Å². The molecule has 3 rings (SSSR count). The number of para-hydroxylation sites is 1. The third-order valence-corrected chi connectivity index (χ3v) is 5.18. The topological polar surface area (TPSA) is 36.1 Å². The summed E-state index contributed by atoms with van der Waals surface area (Å²) in [7, 11) is 0. The lowest BCUT2D eigenvalue weighted by Gasteiger charge is -2.20. The van der Waals surface area contributed by atoms with Gasteiger partial charge in [-0.1, -0.05) is 38.0 Å². The highest BCUT2D eigenvalue weighted by atomic mass is 16.2. The van der Waals surface area contributed by atoms with Crippen LogP contribution in [0.1, 0.15) is 51.0 Å². The number of rotatable bonds is 5. The predicted molar refractivity (Wildman–Crippen MR) is 95.4 cm³/mol. The lowest BCUT2D eigenvalue weighted by atomic mass is 9.96. The number of H-pyrrole nitrogens is 1. The van der Waals surface area contributed by atoms with Crippen LogP contribution in [-0.2, 0) is 11.2 Å². The molecule has 1 amide bonds. The van der Waals surface area contributed by atoms with Gasteiger partial charge in [-0.15, -0.1) is 0 Å². The van der Waals surface area contributed by atoms with Gasteiger partial charge in [0.25, 0.3) is 0 Å². The fourth-order valence-electron chi connectivity index (χ4n) is 3.85. The van der Waals surface area contributed by atoms with Gasteiger partial charge in [0.1, 0.15) is 0 Å². The number of aromatic nitrogens is 1. The Morgan fingerprint density at radius 1 is 1.26 bits per heavy atom. The molecule has 2 heterocycles. The van der Waals surface area contributed by atoms with Gasteiger partial charge < -0.3 is 9.88 Å². The Kier molecular flexibility index (Phi) is 5.37. The largest absolute Gasteiger partial charge is 0.361 e. The lowest BCUT2D eigenvalue weighted by molar-refractivity contribution is -0.131. The number of aryl methyl sites for hydroxylation is 1. The van der Waals surface area contributed by atoms with Gasteiger partial charge in [0.15, 0.2) is 0 Å². The molecule has 0 bridgehead atoms. The molecule has 0 saturated carbocycles. The van der Waals surface area contributed by atoms with Crippen molar-refractivity contribution in [2.45, 2.75) is 51.9 Å². The van der Waals surface area contributed by atoms with Gasteiger partial charge in [0.2, 0.25) is 5.91 Å². The maximum atomic E-state index is 12.6. The molecule has 1 aromatic heterocycles. The zero-order chi connectivity index (χ0) is 16.1. The van der Waals surface area contributed by atoms with E-state index in [2.05, 4.69) is 41.2 Å². The van der Waals surface area contributed by atoms with Crippen molar-refractivity contribution in [2.75, 3.05) is 13.1 Å². The first-order valence-electron chi connectivity index (χ1n) is 9.10. The number of nitrogens with zero attached hydrogens (tertiary/aromatic N) is 1. The maximum Gasteiger partial charge on any atom is 0.222 e. The van der Waals surface area contributed by atoms with E-state index in [0.717, 1.165) is 30.9 Å². The van der Waals surface area contributed by atoms with Gasteiger partial charge >= 0.3 is 0 Å². The Hall–Kier alpha value is -1.77. The second-order valence-corrected chi connectivity index (χ2v) is 6.83. The first-order valence-corrected chi connectivity index (χ1v) is 9.10. The maximum absolute atomic E-state index is 12.6. The zero-order valence-electron chi connectivity index (χ0n) is 14.2. The monoisotopic (exact) mass is 312 g/mol. The van der Waals surface area contributed by atoms with Crippen LogP contribution in [0.5, 0.6) is 0 Å². The molecule has 3 heteroatoms. The Balaban J connectivity index is 1.55. The standard InChI is InChI=1S/C20H28N2O/c1-2-6-16-7-5-13-22(14-12-16)20(23)11-10-17-15-21-19-9-4-3-8-18(17)19/h3-4,8-9,15-16,21H,2,5-7,10-14H2,1H3/t16-/m0/s1. The first-order chi connectivity index (χ1) is 11.3. The number of aromatic amines is 1. The average Bonchev–Trinajstić information content (AvgIpc) is 2.83. The second-order valence-electron chi connectivity index (χ2n) is 6.83. The molecule has 23 heavy (non-hydrogen) atoms. The fourth-order valence-corrected chi connectivity index (χ4v) is 3.85. The molecule has 0 unspecified atom stereocenters. The number of carbonyl (C=O) groups excluding carboxylic acids is 1. The van der Waals surface area contributed by atoms with E-state index in [9.17, 15) is 4.79 Å². The van der Waals surface area contributed by atoms with Crippen molar-refractivity contribution >= 4 is 16.8 Å². The number of hydrogen-bond acceptors (Lipinski definition) is 1. The molecule has 0 spiro atoms. The third-order valence-electron chi connectivity index (χ3n) is 5.18. The van der Waals surface area contributed by atoms with E-state index in [1.165, 1.54) is 43.1 Å². The highest BCUT2D eigenvalue weighted by molar-refractivity contribution is 5.84. The molecule has 124 valence electrons. The van der Waals surface area contributed by atoms with Crippen molar-refractivity contribution < 1.29 is 4.79 Å². The molecule has 0 radical (unpaired) electrons. The third kappa shape index (κ3) is 3.95. The van der Waals surface area contributed by atoms with E-state index in [4.69, 9.17) is 0 Å². The van der Waals surface area contributed by atoms with Crippen molar-refractivity contribution in [3.05, 3.63) is 36.0 Å². The average molecular weight is 312 g/mol. The summed E-state index contributed by atoms with van der Waals surface area (Å²) in [5.41, 5.74) is 2.42. The van der Waals surface area contributed by atoms with Gasteiger partial charge in [0.05, 0.1) is 0 Å². The first kappa shape index (κ1) is 16.1.